The SMILES string of the molecule is CCCCN1CCC(NC(=NCC2CN3CCN2CC3)NCC)CC1. The van der Waals surface area contributed by atoms with Crippen molar-refractivity contribution in [2.45, 2.75) is 51.6 Å². The topological polar surface area (TPSA) is 46.1 Å². The van der Waals surface area contributed by atoms with Gasteiger partial charge in [-0.05, 0) is 32.7 Å². The summed E-state index contributed by atoms with van der Waals surface area (Å²) in [7, 11) is 0. The number of rotatable bonds is 7. The Morgan fingerprint density at radius 1 is 1.04 bits per heavy atom. The molecule has 25 heavy (non-hydrogen) atoms. The monoisotopic (exact) mass is 350 g/mol. The maximum Gasteiger partial charge on any atom is 0.191 e. The number of guanidine groups is 1. The number of hydrogen-bond acceptors (Lipinski definition) is 4. The van der Waals surface area contributed by atoms with Crippen LogP contribution in [0.1, 0.15) is 39.5 Å². The Hall–Kier alpha value is -0.850. The average Bonchev–Trinajstić information content (AvgIpc) is 2.67. The number of piperidine rings is 1. The van der Waals surface area contributed by atoms with Crippen LogP contribution in [0.15, 0.2) is 4.99 Å². The molecule has 4 aliphatic rings. The molecule has 0 saturated carbocycles. The fourth-order valence-electron chi connectivity index (χ4n) is 4.29. The Kier molecular flexibility index (Phi) is 7.37. The number of aliphatic imine (C=N–C) groups is 1. The normalized spacial score (nSPS) is 31.3. The zero-order valence-electron chi connectivity index (χ0n) is 16.3. The molecule has 4 heterocycles. The molecule has 1 unspecified atom stereocenters. The van der Waals surface area contributed by atoms with Crippen LogP contribution in [0.3, 0.4) is 0 Å². The molecule has 1 atom stereocenters. The van der Waals surface area contributed by atoms with E-state index in [1.165, 1.54) is 78.0 Å². The molecule has 2 N–H and O–H groups in total. The number of hydrogen-bond donors (Lipinski definition) is 2. The third-order valence-electron chi connectivity index (χ3n) is 5.95. The van der Waals surface area contributed by atoms with Crippen molar-refractivity contribution in [3.05, 3.63) is 0 Å². The van der Waals surface area contributed by atoms with Gasteiger partial charge in [0, 0.05) is 64.4 Å². The van der Waals surface area contributed by atoms with Gasteiger partial charge in [-0.15, -0.1) is 0 Å². The maximum absolute atomic E-state index is 4.93. The van der Waals surface area contributed by atoms with Crippen molar-refractivity contribution >= 4 is 5.96 Å². The minimum absolute atomic E-state index is 0.572. The van der Waals surface area contributed by atoms with E-state index < -0.39 is 0 Å². The van der Waals surface area contributed by atoms with Crippen molar-refractivity contribution in [1.82, 2.24) is 25.3 Å². The second-order valence-corrected chi connectivity index (χ2v) is 7.82. The van der Waals surface area contributed by atoms with E-state index in [-0.39, 0.29) is 0 Å². The van der Waals surface area contributed by atoms with Crippen LogP contribution in [0.5, 0.6) is 0 Å². The van der Waals surface area contributed by atoms with Gasteiger partial charge in [-0.2, -0.15) is 0 Å². The molecule has 6 heteroatoms. The molecule has 0 radical (unpaired) electrons. The molecule has 144 valence electrons. The molecule has 4 saturated heterocycles. The van der Waals surface area contributed by atoms with Crippen LogP contribution in [0, 0.1) is 0 Å². The van der Waals surface area contributed by atoms with E-state index >= 15 is 0 Å². The first kappa shape index (κ1) is 18.9. The van der Waals surface area contributed by atoms with Crippen molar-refractivity contribution in [2.24, 2.45) is 4.99 Å². The van der Waals surface area contributed by atoms with Crippen molar-refractivity contribution in [3.63, 3.8) is 0 Å². The third-order valence-corrected chi connectivity index (χ3v) is 5.95. The fraction of sp³-hybridized carbons (Fsp3) is 0.947. The summed E-state index contributed by atoms with van der Waals surface area (Å²) in [6.07, 6.45) is 5.09. The summed E-state index contributed by atoms with van der Waals surface area (Å²) in [5.41, 5.74) is 0. The van der Waals surface area contributed by atoms with E-state index in [0.717, 1.165) is 19.0 Å². The fourth-order valence-corrected chi connectivity index (χ4v) is 4.29. The standard InChI is InChI=1S/C19H38N6/c1-3-5-8-23-9-6-17(7-10-23)22-19(20-4-2)21-15-18-16-24-11-13-25(18)14-12-24/h17-18H,3-16H2,1-2H3,(H2,20,21,22). The Labute approximate surface area is 154 Å². The molecular formula is C19H38N6. The van der Waals surface area contributed by atoms with Crippen molar-refractivity contribution in [2.75, 3.05) is 65.4 Å². The summed E-state index contributed by atoms with van der Waals surface area (Å²) in [6, 6.07) is 1.18. The molecule has 0 aromatic heterocycles. The summed E-state index contributed by atoms with van der Waals surface area (Å²) in [5, 5.41) is 7.15. The van der Waals surface area contributed by atoms with Crippen LogP contribution in [0.4, 0.5) is 0 Å². The first-order valence-electron chi connectivity index (χ1n) is 10.5. The Balaban J connectivity index is 1.45. The smallest absolute Gasteiger partial charge is 0.191 e. The highest BCUT2D eigenvalue weighted by Gasteiger charge is 2.31. The van der Waals surface area contributed by atoms with E-state index in [0.29, 0.717) is 12.1 Å². The number of piperazine rings is 3. The number of unbranched alkanes of at least 4 members (excludes halogenated alkanes) is 1. The van der Waals surface area contributed by atoms with Crippen LogP contribution in [0.25, 0.3) is 0 Å². The lowest BCUT2D eigenvalue weighted by molar-refractivity contribution is 0.0174. The highest BCUT2D eigenvalue weighted by Crippen LogP contribution is 2.16. The lowest BCUT2D eigenvalue weighted by Crippen LogP contribution is -2.62. The summed E-state index contributed by atoms with van der Waals surface area (Å²) < 4.78 is 0. The van der Waals surface area contributed by atoms with Crippen LogP contribution in [0.2, 0.25) is 0 Å². The number of nitrogens with zero attached hydrogens (tertiary/aromatic N) is 4. The number of likely N-dealkylation sites (tertiary alicyclic amines) is 1. The minimum Gasteiger partial charge on any atom is -0.357 e. The second-order valence-electron chi connectivity index (χ2n) is 7.82. The van der Waals surface area contributed by atoms with Gasteiger partial charge >= 0.3 is 0 Å². The van der Waals surface area contributed by atoms with Gasteiger partial charge in [-0.3, -0.25) is 14.8 Å². The predicted octanol–water partition coefficient (Wildman–Crippen LogP) is 0.806. The van der Waals surface area contributed by atoms with Gasteiger partial charge in [0.15, 0.2) is 5.96 Å². The average molecular weight is 351 g/mol. The summed E-state index contributed by atoms with van der Waals surface area (Å²) in [4.78, 5) is 12.8. The Bertz CT molecular complexity index is 410. The second kappa shape index (κ2) is 9.74. The van der Waals surface area contributed by atoms with E-state index in [1.54, 1.807) is 0 Å². The van der Waals surface area contributed by atoms with Gasteiger partial charge in [0.2, 0.25) is 0 Å². The van der Waals surface area contributed by atoms with Crippen molar-refractivity contribution in [1.29, 1.82) is 0 Å². The van der Waals surface area contributed by atoms with Gasteiger partial charge in [0.05, 0.1) is 6.54 Å². The number of fused-ring (bicyclic) bond motifs is 3. The highest BCUT2D eigenvalue weighted by molar-refractivity contribution is 5.80. The van der Waals surface area contributed by atoms with Crippen molar-refractivity contribution < 1.29 is 0 Å². The van der Waals surface area contributed by atoms with E-state index in [9.17, 15) is 0 Å². The first-order valence-corrected chi connectivity index (χ1v) is 10.5. The summed E-state index contributed by atoms with van der Waals surface area (Å²) in [5.74, 6) is 1.02. The van der Waals surface area contributed by atoms with Gasteiger partial charge in [0.1, 0.15) is 0 Å². The predicted molar refractivity (Wildman–Crippen MR) is 105 cm³/mol. The third kappa shape index (κ3) is 5.56. The van der Waals surface area contributed by atoms with Crippen molar-refractivity contribution in [3.8, 4) is 0 Å². The molecule has 6 nitrogen and oxygen atoms in total. The molecule has 4 rings (SSSR count). The molecule has 4 aliphatic heterocycles. The van der Waals surface area contributed by atoms with Crippen LogP contribution in [-0.2, 0) is 0 Å². The molecule has 4 fully saturated rings. The highest BCUT2D eigenvalue weighted by atomic mass is 15.3. The zero-order chi connectivity index (χ0) is 17.5. The molecule has 0 spiro atoms. The van der Waals surface area contributed by atoms with Crippen LogP contribution < -0.4 is 10.6 Å². The molecule has 0 amide bonds. The van der Waals surface area contributed by atoms with Crippen LogP contribution in [-0.4, -0.2) is 98.2 Å². The van der Waals surface area contributed by atoms with Gasteiger partial charge in [-0.1, -0.05) is 13.3 Å². The van der Waals surface area contributed by atoms with E-state index in [1.807, 2.05) is 0 Å². The quantitative estimate of drug-likeness (QED) is 0.525. The largest absolute Gasteiger partial charge is 0.357 e. The Morgan fingerprint density at radius 3 is 2.40 bits per heavy atom. The van der Waals surface area contributed by atoms with Gasteiger partial charge < -0.3 is 15.5 Å². The molecule has 0 aliphatic carbocycles. The molecule has 0 aromatic carbocycles. The molecular weight excluding hydrogens is 312 g/mol. The number of nitrogens with one attached hydrogen (secondary N) is 2. The van der Waals surface area contributed by atoms with Gasteiger partial charge in [0.25, 0.3) is 0 Å². The minimum atomic E-state index is 0.572. The molecule has 2 bridgehead atoms. The van der Waals surface area contributed by atoms with E-state index in [2.05, 4.69) is 39.2 Å². The first-order chi connectivity index (χ1) is 12.3. The zero-order valence-corrected chi connectivity index (χ0v) is 16.3. The summed E-state index contributed by atoms with van der Waals surface area (Å²) >= 11 is 0. The maximum atomic E-state index is 4.93. The lowest BCUT2D eigenvalue weighted by Gasteiger charge is -2.47. The van der Waals surface area contributed by atoms with Gasteiger partial charge in [-0.25, -0.2) is 0 Å². The Morgan fingerprint density at radius 2 is 1.80 bits per heavy atom. The van der Waals surface area contributed by atoms with Crippen LogP contribution >= 0.6 is 0 Å². The van der Waals surface area contributed by atoms with E-state index in [4.69, 9.17) is 4.99 Å². The summed E-state index contributed by atoms with van der Waals surface area (Å²) in [6.45, 7) is 16.1. The molecule has 0 aromatic rings. The lowest BCUT2D eigenvalue weighted by atomic mass is 10.0.